The number of rotatable bonds is 16. The second-order valence-electron chi connectivity index (χ2n) is 11.5. The zero-order chi connectivity index (χ0) is 37.0. The van der Waals surface area contributed by atoms with Crippen molar-refractivity contribution in [1.29, 1.82) is 0 Å². The zero-order valence-corrected chi connectivity index (χ0v) is 28.8. The first-order valence-electron chi connectivity index (χ1n) is 16.5. The summed E-state index contributed by atoms with van der Waals surface area (Å²) in [4.78, 5) is 57.9. The van der Waals surface area contributed by atoms with Gasteiger partial charge >= 0.3 is 0 Å². The standard InChI is InChI=1S/C36H32ClN9O7/c37-30-13-5-12-25(42-30)33(47)38-14-6-15-39-35(49)27-21-29(52-45-27)24-11-4-8-22(18-24)19-31-43-32(46-53-31)36(50)41-17-7-16-40-34(48)26-20-28(51-44-26)23-9-2-1-3-10-23/h1-5,8-13,18,20-21H,6-7,14-17,19H2,(H,38,47)(H,39,49)(H,40,48)(H,41,50). The molecule has 0 bridgehead atoms. The van der Waals surface area contributed by atoms with Crippen molar-refractivity contribution in [2.45, 2.75) is 19.3 Å². The van der Waals surface area contributed by atoms with Gasteiger partial charge in [-0.15, -0.1) is 0 Å². The van der Waals surface area contributed by atoms with E-state index >= 15 is 0 Å². The minimum absolute atomic E-state index is 0.0971. The molecule has 0 unspecified atom stereocenters. The van der Waals surface area contributed by atoms with Crippen LogP contribution in [-0.2, 0) is 6.42 Å². The molecule has 6 aromatic rings. The van der Waals surface area contributed by atoms with E-state index in [1.54, 1.807) is 36.4 Å². The maximum absolute atomic E-state index is 12.6. The monoisotopic (exact) mass is 737 g/mol. The highest BCUT2D eigenvalue weighted by Gasteiger charge is 2.18. The molecule has 0 saturated heterocycles. The van der Waals surface area contributed by atoms with Crippen LogP contribution in [0, 0.1) is 0 Å². The highest BCUT2D eigenvalue weighted by atomic mass is 35.5. The second kappa shape index (κ2) is 17.5. The number of amides is 4. The molecule has 0 aliphatic rings. The van der Waals surface area contributed by atoms with Gasteiger partial charge in [0, 0.05) is 49.4 Å². The fraction of sp³-hybridized carbons (Fsp3) is 0.194. The van der Waals surface area contributed by atoms with Crippen LogP contribution in [0.3, 0.4) is 0 Å². The molecule has 53 heavy (non-hydrogen) atoms. The Hall–Kier alpha value is -6.68. The summed E-state index contributed by atoms with van der Waals surface area (Å²) >= 11 is 5.82. The summed E-state index contributed by atoms with van der Waals surface area (Å²) in [6.07, 6.45) is 1.16. The maximum atomic E-state index is 12.6. The van der Waals surface area contributed by atoms with Crippen molar-refractivity contribution in [3.05, 3.63) is 124 Å². The lowest BCUT2D eigenvalue weighted by Crippen LogP contribution is -2.30. The van der Waals surface area contributed by atoms with E-state index in [0.29, 0.717) is 49.6 Å². The van der Waals surface area contributed by atoms with Gasteiger partial charge in [-0.1, -0.05) is 81.7 Å². The van der Waals surface area contributed by atoms with E-state index in [4.69, 9.17) is 25.2 Å². The molecule has 270 valence electrons. The third-order valence-corrected chi connectivity index (χ3v) is 7.79. The first-order valence-corrected chi connectivity index (χ1v) is 16.9. The third kappa shape index (κ3) is 9.98. The van der Waals surface area contributed by atoms with Crippen LogP contribution in [0.15, 0.2) is 98.5 Å². The minimum Gasteiger partial charge on any atom is -0.355 e. The zero-order valence-electron chi connectivity index (χ0n) is 28.0. The fourth-order valence-corrected chi connectivity index (χ4v) is 5.10. The van der Waals surface area contributed by atoms with Gasteiger partial charge in [0.2, 0.25) is 5.89 Å². The summed E-state index contributed by atoms with van der Waals surface area (Å²) in [5.74, 6) is -0.726. The number of nitrogens with one attached hydrogen (secondary N) is 4. The van der Waals surface area contributed by atoms with Crippen molar-refractivity contribution < 1.29 is 32.7 Å². The Morgan fingerprint density at radius 3 is 1.75 bits per heavy atom. The van der Waals surface area contributed by atoms with Crippen LogP contribution in [0.25, 0.3) is 22.6 Å². The molecular formula is C36H32ClN9O7. The molecule has 6 rings (SSSR count). The van der Waals surface area contributed by atoms with Crippen LogP contribution in [0.4, 0.5) is 0 Å². The maximum Gasteiger partial charge on any atom is 0.292 e. The van der Waals surface area contributed by atoms with Gasteiger partial charge in [0.25, 0.3) is 29.5 Å². The first-order chi connectivity index (χ1) is 25.8. The quantitative estimate of drug-likeness (QED) is 0.0814. The largest absolute Gasteiger partial charge is 0.355 e. The van der Waals surface area contributed by atoms with Gasteiger partial charge in [-0.05, 0) is 36.6 Å². The minimum atomic E-state index is -0.517. The number of carbonyl (C=O) groups is 4. The van der Waals surface area contributed by atoms with Crippen molar-refractivity contribution in [2.24, 2.45) is 0 Å². The Morgan fingerprint density at radius 1 is 0.547 bits per heavy atom. The van der Waals surface area contributed by atoms with Gasteiger partial charge in [-0.25, -0.2) is 4.98 Å². The Bertz CT molecular complexity index is 2200. The van der Waals surface area contributed by atoms with Crippen molar-refractivity contribution >= 4 is 35.2 Å². The van der Waals surface area contributed by atoms with E-state index in [9.17, 15) is 19.2 Å². The fourth-order valence-electron chi connectivity index (χ4n) is 4.94. The predicted octanol–water partition coefficient (Wildman–Crippen LogP) is 4.12. The SMILES string of the molecule is O=C(NCCCNC(=O)c1cccc(Cl)n1)c1cc(-c2cccc(Cc3nc(C(=O)NCCCNC(=O)c4cc(-c5ccccc5)on4)no3)c2)on1. The molecule has 17 heteroatoms. The van der Waals surface area contributed by atoms with Gasteiger partial charge in [-0.3, -0.25) is 19.2 Å². The average Bonchev–Trinajstić information content (AvgIpc) is 3.97. The molecule has 4 N–H and O–H groups in total. The van der Waals surface area contributed by atoms with Gasteiger partial charge in [0.05, 0.1) is 6.42 Å². The second-order valence-corrected chi connectivity index (χ2v) is 11.9. The molecule has 0 saturated carbocycles. The van der Waals surface area contributed by atoms with Crippen LogP contribution in [0.1, 0.15) is 66.4 Å². The lowest BCUT2D eigenvalue weighted by molar-refractivity contribution is 0.0926. The van der Waals surface area contributed by atoms with Crippen LogP contribution in [0.2, 0.25) is 5.15 Å². The van der Waals surface area contributed by atoms with Crippen molar-refractivity contribution in [3.8, 4) is 22.6 Å². The number of hydrogen-bond acceptors (Lipinski definition) is 12. The molecule has 0 aliphatic heterocycles. The number of nitrogens with zero attached hydrogens (tertiary/aromatic N) is 5. The van der Waals surface area contributed by atoms with Crippen LogP contribution >= 0.6 is 11.6 Å². The van der Waals surface area contributed by atoms with Crippen LogP contribution in [0.5, 0.6) is 0 Å². The van der Waals surface area contributed by atoms with E-state index in [2.05, 4.69) is 46.7 Å². The Labute approximate surface area is 306 Å². The Kier molecular flexibility index (Phi) is 11.9. The Morgan fingerprint density at radius 2 is 1.11 bits per heavy atom. The number of carbonyl (C=O) groups excluding carboxylic acids is 4. The number of pyridine rings is 1. The average molecular weight is 738 g/mol. The summed E-state index contributed by atoms with van der Waals surface area (Å²) in [5.41, 5.74) is 2.73. The van der Waals surface area contributed by atoms with Gasteiger partial charge in [0.1, 0.15) is 10.8 Å². The molecule has 0 spiro atoms. The van der Waals surface area contributed by atoms with Crippen molar-refractivity contribution in [3.63, 3.8) is 0 Å². The summed E-state index contributed by atoms with van der Waals surface area (Å²) in [5, 5.41) is 22.6. The predicted molar refractivity (Wildman–Crippen MR) is 189 cm³/mol. The van der Waals surface area contributed by atoms with Crippen molar-refractivity contribution in [2.75, 3.05) is 26.2 Å². The van der Waals surface area contributed by atoms with Crippen LogP contribution < -0.4 is 21.3 Å². The molecule has 4 heterocycles. The van der Waals surface area contributed by atoms with Crippen molar-refractivity contribution in [1.82, 2.24) is 46.7 Å². The molecule has 16 nitrogen and oxygen atoms in total. The van der Waals surface area contributed by atoms with E-state index < -0.39 is 11.8 Å². The van der Waals surface area contributed by atoms with E-state index in [0.717, 1.165) is 11.1 Å². The molecule has 4 amide bonds. The summed E-state index contributed by atoms with van der Waals surface area (Å²) < 4.78 is 16.0. The molecule has 4 aromatic heterocycles. The highest BCUT2D eigenvalue weighted by Crippen LogP contribution is 2.23. The van der Waals surface area contributed by atoms with Gasteiger partial charge in [-0.2, -0.15) is 4.98 Å². The Balaban J connectivity index is 0.904. The molecular weight excluding hydrogens is 706 g/mol. The number of aromatic nitrogens is 5. The lowest BCUT2D eigenvalue weighted by atomic mass is 10.1. The summed E-state index contributed by atoms with van der Waals surface area (Å²) in [6, 6.07) is 24.4. The number of hydrogen-bond donors (Lipinski definition) is 4. The first kappa shape index (κ1) is 36.1. The smallest absolute Gasteiger partial charge is 0.292 e. The summed E-state index contributed by atoms with van der Waals surface area (Å²) in [6.45, 7) is 1.17. The van der Waals surface area contributed by atoms with E-state index in [1.807, 2.05) is 42.5 Å². The molecule has 0 fully saturated rings. The van der Waals surface area contributed by atoms with Gasteiger partial charge < -0.3 is 34.8 Å². The molecule has 0 aliphatic carbocycles. The highest BCUT2D eigenvalue weighted by molar-refractivity contribution is 6.29. The topological polar surface area (TPSA) is 220 Å². The van der Waals surface area contributed by atoms with E-state index in [-0.39, 0.29) is 58.7 Å². The molecule has 0 radical (unpaired) electrons. The third-order valence-electron chi connectivity index (χ3n) is 7.58. The van der Waals surface area contributed by atoms with E-state index in [1.165, 1.54) is 6.07 Å². The number of halogens is 1. The van der Waals surface area contributed by atoms with Gasteiger partial charge in [0.15, 0.2) is 22.9 Å². The lowest BCUT2D eigenvalue weighted by Gasteiger charge is -2.05. The molecule has 2 aromatic carbocycles. The molecule has 0 atom stereocenters. The number of benzene rings is 2. The normalized spacial score (nSPS) is 10.8. The van der Waals surface area contributed by atoms with Crippen LogP contribution in [-0.4, -0.2) is 75.2 Å². The summed E-state index contributed by atoms with van der Waals surface area (Å²) in [7, 11) is 0.